The SMILES string of the molecule is Cc1cc(N)c(C)c(S(=O)(=O)NC(CO)CC(C)C)c1C. The second kappa shape index (κ2) is 6.77. The molecule has 21 heavy (non-hydrogen) atoms. The van der Waals surface area contributed by atoms with Crippen LogP contribution in [0.3, 0.4) is 0 Å². The van der Waals surface area contributed by atoms with Crippen LogP contribution in [0, 0.1) is 26.7 Å². The molecular formula is C15H26N2O3S. The normalized spacial score (nSPS) is 13.7. The van der Waals surface area contributed by atoms with Crippen molar-refractivity contribution < 1.29 is 13.5 Å². The average molecular weight is 314 g/mol. The van der Waals surface area contributed by atoms with Gasteiger partial charge in [0.25, 0.3) is 0 Å². The van der Waals surface area contributed by atoms with Gasteiger partial charge in [0.15, 0.2) is 0 Å². The first kappa shape index (κ1) is 17.9. The molecule has 6 heteroatoms. The molecule has 0 aliphatic carbocycles. The lowest BCUT2D eigenvalue weighted by Gasteiger charge is -2.21. The summed E-state index contributed by atoms with van der Waals surface area (Å²) in [5.74, 6) is 0.287. The molecule has 0 amide bonds. The number of sulfonamides is 1. The Bertz CT molecular complexity index is 584. The molecule has 0 saturated heterocycles. The summed E-state index contributed by atoms with van der Waals surface area (Å²) in [7, 11) is -3.71. The second-order valence-corrected chi connectivity index (χ2v) is 7.64. The van der Waals surface area contributed by atoms with Crippen molar-refractivity contribution in [3.63, 3.8) is 0 Å². The number of aryl methyl sites for hydroxylation is 1. The standard InChI is InChI=1S/C15H26N2O3S/c1-9(2)6-13(8-18)17-21(19,20)15-11(4)10(3)7-14(16)12(15)5/h7,9,13,17-18H,6,8,16H2,1-5H3. The van der Waals surface area contributed by atoms with Crippen LogP contribution in [0.5, 0.6) is 0 Å². The molecule has 0 radical (unpaired) electrons. The number of nitrogen functional groups attached to an aromatic ring is 1. The van der Waals surface area contributed by atoms with Crippen molar-refractivity contribution in [2.75, 3.05) is 12.3 Å². The molecule has 0 fully saturated rings. The fourth-order valence-electron chi connectivity index (χ4n) is 2.45. The quantitative estimate of drug-likeness (QED) is 0.699. The van der Waals surface area contributed by atoms with E-state index in [1.807, 2.05) is 20.8 Å². The molecule has 120 valence electrons. The van der Waals surface area contributed by atoms with E-state index in [1.165, 1.54) is 0 Å². The predicted molar refractivity (Wildman–Crippen MR) is 85.7 cm³/mol. The summed E-state index contributed by atoms with van der Waals surface area (Å²) in [5, 5.41) is 9.38. The number of rotatable bonds is 6. The van der Waals surface area contributed by atoms with Gasteiger partial charge in [-0.3, -0.25) is 0 Å². The molecule has 1 unspecified atom stereocenters. The van der Waals surface area contributed by atoms with Gasteiger partial charge in [0.2, 0.25) is 10.0 Å². The molecule has 1 rings (SSSR count). The molecule has 0 bridgehead atoms. The van der Waals surface area contributed by atoms with Crippen LogP contribution in [0.15, 0.2) is 11.0 Å². The zero-order valence-electron chi connectivity index (χ0n) is 13.4. The Morgan fingerprint density at radius 3 is 2.29 bits per heavy atom. The summed E-state index contributed by atoms with van der Waals surface area (Å²) in [5.41, 5.74) is 8.42. The molecular weight excluding hydrogens is 288 g/mol. The third-order valence-electron chi connectivity index (χ3n) is 3.64. The first-order chi connectivity index (χ1) is 9.60. The fraction of sp³-hybridized carbons (Fsp3) is 0.600. The van der Waals surface area contributed by atoms with Crippen molar-refractivity contribution in [1.29, 1.82) is 0 Å². The smallest absolute Gasteiger partial charge is 0.241 e. The van der Waals surface area contributed by atoms with E-state index in [-0.39, 0.29) is 17.4 Å². The lowest BCUT2D eigenvalue weighted by molar-refractivity contribution is 0.240. The highest BCUT2D eigenvalue weighted by Gasteiger charge is 2.25. The fourth-order valence-corrected chi connectivity index (χ4v) is 4.26. The number of benzene rings is 1. The van der Waals surface area contributed by atoms with Crippen molar-refractivity contribution >= 4 is 15.7 Å². The van der Waals surface area contributed by atoms with Crippen LogP contribution in [-0.2, 0) is 10.0 Å². The zero-order valence-corrected chi connectivity index (χ0v) is 14.2. The Morgan fingerprint density at radius 2 is 1.81 bits per heavy atom. The Hall–Kier alpha value is -1.11. The lowest BCUT2D eigenvalue weighted by Crippen LogP contribution is -2.39. The van der Waals surface area contributed by atoms with Crippen molar-refractivity contribution in [1.82, 2.24) is 4.72 Å². The highest BCUT2D eigenvalue weighted by molar-refractivity contribution is 7.89. The molecule has 0 aromatic heterocycles. The van der Waals surface area contributed by atoms with Gasteiger partial charge >= 0.3 is 0 Å². The Morgan fingerprint density at radius 1 is 1.24 bits per heavy atom. The van der Waals surface area contributed by atoms with Crippen molar-refractivity contribution in [3.05, 3.63) is 22.8 Å². The minimum Gasteiger partial charge on any atom is -0.398 e. The van der Waals surface area contributed by atoms with E-state index in [1.54, 1.807) is 19.9 Å². The van der Waals surface area contributed by atoms with E-state index in [0.717, 1.165) is 5.56 Å². The first-order valence-electron chi connectivity index (χ1n) is 7.09. The molecule has 1 atom stereocenters. The second-order valence-electron chi connectivity index (χ2n) is 5.99. The molecule has 5 nitrogen and oxygen atoms in total. The number of aliphatic hydroxyl groups is 1. The number of nitrogens with two attached hydrogens (primary N) is 1. The third kappa shape index (κ3) is 4.18. The van der Waals surface area contributed by atoms with Gasteiger partial charge in [-0.1, -0.05) is 13.8 Å². The van der Waals surface area contributed by atoms with E-state index < -0.39 is 16.1 Å². The van der Waals surface area contributed by atoms with Gasteiger partial charge in [-0.15, -0.1) is 0 Å². The Balaban J connectivity index is 3.26. The van der Waals surface area contributed by atoms with Gasteiger partial charge < -0.3 is 10.8 Å². The van der Waals surface area contributed by atoms with Crippen LogP contribution in [0.2, 0.25) is 0 Å². The topological polar surface area (TPSA) is 92.4 Å². The maximum Gasteiger partial charge on any atom is 0.241 e. The van der Waals surface area contributed by atoms with Gasteiger partial charge in [-0.2, -0.15) is 0 Å². The number of anilines is 1. The van der Waals surface area contributed by atoms with Gasteiger partial charge in [0.05, 0.1) is 11.5 Å². The monoisotopic (exact) mass is 314 g/mol. The molecule has 0 spiro atoms. The zero-order chi connectivity index (χ0) is 16.4. The number of aliphatic hydroxyl groups excluding tert-OH is 1. The summed E-state index contributed by atoms with van der Waals surface area (Å²) in [4.78, 5) is 0.224. The van der Waals surface area contributed by atoms with E-state index in [9.17, 15) is 13.5 Å². The molecule has 0 aliphatic rings. The van der Waals surface area contributed by atoms with E-state index in [0.29, 0.717) is 23.2 Å². The van der Waals surface area contributed by atoms with Crippen LogP contribution in [0.1, 0.15) is 37.0 Å². The van der Waals surface area contributed by atoms with Crippen LogP contribution in [0.4, 0.5) is 5.69 Å². The van der Waals surface area contributed by atoms with Gasteiger partial charge in [0, 0.05) is 11.7 Å². The van der Waals surface area contributed by atoms with Crippen LogP contribution in [0.25, 0.3) is 0 Å². The largest absolute Gasteiger partial charge is 0.398 e. The summed E-state index contributed by atoms with van der Waals surface area (Å²) in [6, 6.07) is 1.29. The van der Waals surface area contributed by atoms with E-state index in [4.69, 9.17) is 5.73 Å². The van der Waals surface area contributed by atoms with Gasteiger partial charge in [-0.25, -0.2) is 13.1 Å². The predicted octanol–water partition coefficient (Wildman–Crippen LogP) is 1.88. The lowest BCUT2D eigenvalue weighted by atomic mass is 10.1. The molecule has 0 aliphatic heterocycles. The van der Waals surface area contributed by atoms with Crippen molar-refractivity contribution in [3.8, 4) is 0 Å². The molecule has 1 aromatic carbocycles. The Labute approximate surface area is 127 Å². The first-order valence-corrected chi connectivity index (χ1v) is 8.58. The third-order valence-corrected chi connectivity index (χ3v) is 5.44. The number of hydrogen-bond acceptors (Lipinski definition) is 4. The summed E-state index contributed by atoms with van der Waals surface area (Å²) in [6.07, 6.45) is 0.578. The van der Waals surface area contributed by atoms with E-state index in [2.05, 4.69) is 4.72 Å². The maximum atomic E-state index is 12.7. The number of nitrogens with one attached hydrogen (secondary N) is 1. The molecule has 0 saturated carbocycles. The molecule has 0 heterocycles. The minimum absolute atomic E-state index is 0.224. The number of hydrogen-bond donors (Lipinski definition) is 3. The van der Waals surface area contributed by atoms with Crippen LogP contribution < -0.4 is 10.5 Å². The summed E-state index contributed by atoms with van der Waals surface area (Å²) in [6.45, 7) is 9.05. The van der Waals surface area contributed by atoms with Crippen LogP contribution >= 0.6 is 0 Å². The highest BCUT2D eigenvalue weighted by Crippen LogP contribution is 2.28. The van der Waals surface area contributed by atoms with Crippen LogP contribution in [-0.4, -0.2) is 26.2 Å². The minimum atomic E-state index is -3.71. The van der Waals surface area contributed by atoms with Gasteiger partial charge in [0.1, 0.15) is 0 Å². The maximum absolute atomic E-state index is 12.7. The Kier molecular flexibility index (Phi) is 5.78. The van der Waals surface area contributed by atoms with E-state index >= 15 is 0 Å². The highest BCUT2D eigenvalue weighted by atomic mass is 32.2. The summed E-state index contributed by atoms with van der Waals surface area (Å²) < 4.78 is 27.9. The molecule has 4 N–H and O–H groups in total. The average Bonchev–Trinajstić information content (AvgIpc) is 2.34. The summed E-state index contributed by atoms with van der Waals surface area (Å²) >= 11 is 0. The van der Waals surface area contributed by atoms with Gasteiger partial charge in [-0.05, 0) is 55.9 Å². The van der Waals surface area contributed by atoms with Crippen molar-refractivity contribution in [2.45, 2.75) is 52.0 Å². The van der Waals surface area contributed by atoms with Crippen molar-refractivity contribution in [2.24, 2.45) is 5.92 Å². The molecule has 1 aromatic rings.